The fraction of sp³-hybridized carbons (Fsp3) is 0.550. The number of anilines is 1. The summed E-state index contributed by atoms with van der Waals surface area (Å²) in [5.74, 6) is -1.02. The Labute approximate surface area is 153 Å². The maximum absolute atomic E-state index is 13.1. The van der Waals surface area contributed by atoms with Crippen LogP contribution in [-0.2, 0) is 9.59 Å². The molecule has 1 N–H and O–H groups in total. The molecular weight excluding hydrogens is 332 g/mol. The van der Waals surface area contributed by atoms with Crippen molar-refractivity contribution in [3.8, 4) is 0 Å². The molecule has 26 heavy (non-hydrogen) atoms. The lowest BCUT2D eigenvalue weighted by atomic mass is 9.76. The zero-order chi connectivity index (χ0) is 19.1. The van der Waals surface area contributed by atoms with Crippen molar-refractivity contribution in [1.82, 2.24) is 4.90 Å². The number of aliphatic carboxylic acids is 1. The predicted octanol–water partition coefficient (Wildman–Crippen LogP) is 2.63. The van der Waals surface area contributed by atoms with Crippen LogP contribution in [0.5, 0.6) is 0 Å². The second-order valence-corrected chi connectivity index (χ2v) is 7.78. The molecule has 1 aliphatic heterocycles. The molecule has 0 radical (unpaired) electrons. The van der Waals surface area contributed by atoms with Gasteiger partial charge in [0.05, 0.1) is 16.7 Å². The van der Waals surface area contributed by atoms with Crippen LogP contribution in [0.4, 0.5) is 5.69 Å². The molecule has 1 saturated heterocycles. The van der Waals surface area contributed by atoms with E-state index in [1.165, 1.54) is 0 Å². The van der Waals surface area contributed by atoms with Crippen LogP contribution in [0.15, 0.2) is 24.3 Å². The lowest BCUT2D eigenvalue weighted by Crippen LogP contribution is -2.41. The van der Waals surface area contributed by atoms with Crippen molar-refractivity contribution in [2.45, 2.75) is 33.1 Å². The quantitative estimate of drug-likeness (QED) is 0.878. The summed E-state index contributed by atoms with van der Waals surface area (Å²) in [6.07, 6.45) is 2.26. The number of hydrogen-bond donors (Lipinski definition) is 1. The van der Waals surface area contributed by atoms with Crippen LogP contribution in [0.3, 0.4) is 0 Å². The Hall–Kier alpha value is -2.37. The van der Waals surface area contributed by atoms with Gasteiger partial charge in [-0.05, 0) is 37.3 Å². The molecule has 0 spiro atoms. The average Bonchev–Trinajstić information content (AvgIpc) is 3.37. The molecule has 1 aliphatic carbocycles. The first-order valence-electron chi connectivity index (χ1n) is 9.17. The Bertz CT molecular complexity index is 741. The molecule has 2 aliphatic rings. The maximum atomic E-state index is 13.1. The largest absolute Gasteiger partial charge is 0.481 e. The van der Waals surface area contributed by atoms with Crippen LogP contribution in [-0.4, -0.2) is 47.9 Å². The summed E-state index contributed by atoms with van der Waals surface area (Å²) in [5.41, 5.74) is 0.140. The zero-order valence-corrected chi connectivity index (χ0v) is 15.6. The van der Waals surface area contributed by atoms with Crippen molar-refractivity contribution < 1.29 is 19.5 Å². The van der Waals surface area contributed by atoms with Gasteiger partial charge < -0.3 is 14.9 Å². The maximum Gasteiger partial charge on any atom is 0.311 e. The number of carbonyl (C=O) groups is 3. The summed E-state index contributed by atoms with van der Waals surface area (Å²) in [4.78, 5) is 40.5. The van der Waals surface area contributed by atoms with Gasteiger partial charge in [0.1, 0.15) is 0 Å². The number of carboxylic acid groups (broad SMARTS) is 1. The number of carbonyl (C=O) groups excluding carboxylic acids is 2. The zero-order valence-electron chi connectivity index (χ0n) is 15.6. The number of amides is 2. The van der Waals surface area contributed by atoms with Gasteiger partial charge in [-0.15, -0.1) is 0 Å². The van der Waals surface area contributed by atoms with Crippen molar-refractivity contribution >= 4 is 23.5 Å². The van der Waals surface area contributed by atoms with Crippen molar-refractivity contribution in [1.29, 1.82) is 0 Å². The van der Waals surface area contributed by atoms with E-state index in [0.717, 1.165) is 12.8 Å². The highest BCUT2D eigenvalue weighted by Gasteiger charge is 2.48. The third-order valence-corrected chi connectivity index (χ3v) is 5.87. The van der Waals surface area contributed by atoms with Gasteiger partial charge in [0.15, 0.2) is 0 Å². The molecule has 0 aromatic heterocycles. The average molecular weight is 358 g/mol. The van der Waals surface area contributed by atoms with Gasteiger partial charge in [0, 0.05) is 26.1 Å². The highest BCUT2D eigenvalue weighted by Crippen LogP contribution is 2.39. The topological polar surface area (TPSA) is 77.9 Å². The van der Waals surface area contributed by atoms with Crippen LogP contribution >= 0.6 is 0 Å². The van der Waals surface area contributed by atoms with Crippen LogP contribution in [0.1, 0.15) is 43.5 Å². The van der Waals surface area contributed by atoms with Crippen molar-refractivity contribution in [2.24, 2.45) is 17.3 Å². The normalized spacial score (nSPS) is 22.5. The van der Waals surface area contributed by atoms with E-state index in [1.54, 1.807) is 35.0 Å². The smallest absolute Gasteiger partial charge is 0.311 e. The van der Waals surface area contributed by atoms with E-state index in [1.807, 2.05) is 19.9 Å². The molecule has 0 bridgehead atoms. The summed E-state index contributed by atoms with van der Waals surface area (Å²) < 4.78 is 0. The van der Waals surface area contributed by atoms with Gasteiger partial charge >= 0.3 is 5.97 Å². The van der Waals surface area contributed by atoms with E-state index >= 15 is 0 Å². The summed E-state index contributed by atoms with van der Waals surface area (Å²) in [5, 5.41) is 9.70. The Morgan fingerprint density at radius 1 is 1.23 bits per heavy atom. The third-order valence-electron chi connectivity index (χ3n) is 5.87. The highest BCUT2D eigenvalue weighted by atomic mass is 16.4. The molecule has 1 heterocycles. The minimum Gasteiger partial charge on any atom is -0.481 e. The van der Waals surface area contributed by atoms with Crippen LogP contribution in [0, 0.1) is 17.3 Å². The second-order valence-electron chi connectivity index (χ2n) is 7.78. The number of benzene rings is 1. The van der Waals surface area contributed by atoms with Crippen LogP contribution in [0.25, 0.3) is 0 Å². The summed E-state index contributed by atoms with van der Waals surface area (Å²) in [6, 6.07) is 7.07. The highest BCUT2D eigenvalue weighted by molar-refractivity contribution is 6.05. The molecule has 6 nitrogen and oxygen atoms in total. The minimum absolute atomic E-state index is 0.0359. The standard InChI is InChI=1S/C20H26N2O4/c1-13(2)20(19(25)26)10-11-22(12-20)18(24)15-6-4-5-7-16(15)21(3)17(23)14-8-9-14/h4-7,13-14H,8-12H2,1-3H3,(H,25,26). The number of likely N-dealkylation sites (tertiary alicyclic amines) is 1. The number of hydrogen-bond acceptors (Lipinski definition) is 3. The molecule has 2 amide bonds. The van der Waals surface area contributed by atoms with E-state index in [4.69, 9.17) is 0 Å². The Morgan fingerprint density at radius 2 is 1.88 bits per heavy atom. The third kappa shape index (κ3) is 3.08. The van der Waals surface area contributed by atoms with Crippen molar-refractivity contribution in [2.75, 3.05) is 25.0 Å². The molecule has 3 rings (SSSR count). The lowest BCUT2D eigenvalue weighted by Gasteiger charge is -2.29. The van der Waals surface area contributed by atoms with Gasteiger partial charge in [0.2, 0.25) is 5.91 Å². The van der Waals surface area contributed by atoms with E-state index in [2.05, 4.69) is 0 Å². The molecule has 2 fully saturated rings. The van der Waals surface area contributed by atoms with Gasteiger partial charge in [-0.2, -0.15) is 0 Å². The molecular formula is C20H26N2O4. The molecule has 6 heteroatoms. The molecule has 1 aromatic carbocycles. The molecule has 1 aromatic rings. The summed E-state index contributed by atoms with van der Waals surface area (Å²) >= 11 is 0. The van der Waals surface area contributed by atoms with Crippen LogP contribution in [0.2, 0.25) is 0 Å². The Morgan fingerprint density at radius 3 is 2.42 bits per heavy atom. The van der Waals surface area contributed by atoms with E-state index in [9.17, 15) is 19.5 Å². The summed E-state index contributed by atoms with van der Waals surface area (Å²) in [6.45, 7) is 4.39. The molecule has 140 valence electrons. The first-order valence-corrected chi connectivity index (χ1v) is 9.17. The van der Waals surface area contributed by atoms with Crippen molar-refractivity contribution in [3.05, 3.63) is 29.8 Å². The monoisotopic (exact) mass is 358 g/mol. The van der Waals surface area contributed by atoms with E-state index in [0.29, 0.717) is 24.2 Å². The molecule has 1 atom stereocenters. The first-order chi connectivity index (χ1) is 12.3. The molecule has 1 saturated carbocycles. The number of nitrogens with zero attached hydrogens (tertiary/aromatic N) is 2. The first kappa shape index (κ1) is 18.4. The predicted molar refractivity (Wildman–Crippen MR) is 98.0 cm³/mol. The summed E-state index contributed by atoms with van der Waals surface area (Å²) in [7, 11) is 1.70. The van der Waals surface area contributed by atoms with E-state index < -0.39 is 11.4 Å². The van der Waals surface area contributed by atoms with Crippen molar-refractivity contribution in [3.63, 3.8) is 0 Å². The number of para-hydroxylation sites is 1. The fourth-order valence-corrected chi connectivity index (χ4v) is 3.74. The fourth-order valence-electron chi connectivity index (χ4n) is 3.74. The second kappa shape index (κ2) is 6.74. The lowest BCUT2D eigenvalue weighted by molar-refractivity contribution is -0.150. The minimum atomic E-state index is -0.902. The van der Waals surface area contributed by atoms with Gasteiger partial charge in [0.25, 0.3) is 5.91 Å². The SMILES string of the molecule is CC(C)C1(C(=O)O)CCN(C(=O)c2ccccc2N(C)C(=O)C2CC2)C1. The van der Waals surface area contributed by atoms with Gasteiger partial charge in [-0.1, -0.05) is 26.0 Å². The van der Waals surface area contributed by atoms with Gasteiger partial charge in [-0.25, -0.2) is 0 Å². The Balaban J connectivity index is 1.85. The van der Waals surface area contributed by atoms with Gasteiger partial charge in [-0.3, -0.25) is 14.4 Å². The van der Waals surface area contributed by atoms with Crippen LogP contribution < -0.4 is 4.90 Å². The molecule has 1 unspecified atom stereocenters. The number of carboxylic acids is 1. The number of rotatable bonds is 5. The van der Waals surface area contributed by atoms with E-state index in [-0.39, 0.29) is 30.2 Å². The Kier molecular flexibility index (Phi) is 4.78.